The molecular weight excluding hydrogens is 318 g/mol. The number of nitrogens with zero attached hydrogens (tertiary/aromatic N) is 1. The van der Waals surface area contributed by atoms with Crippen molar-refractivity contribution >= 4 is 15.9 Å². The Balaban J connectivity index is 2.18. The SMILES string of the molecule is CC1CC(CN)CN1C(=O)c1ccc(S(=O)(=O)NC(C)(C)C)o1. The summed E-state index contributed by atoms with van der Waals surface area (Å²) < 4.78 is 32.3. The Bertz CT molecular complexity index is 675. The molecule has 2 rings (SSSR count). The summed E-state index contributed by atoms with van der Waals surface area (Å²) in [6, 6.07) is 2.78. The number of nitrogens with one attached hydrogen (secondary N) is 1. The number of carbonyl (C=O) groups is 1. The van der Waals surface area contributed by atoms with Gasteiger partial charge in [-0.1, -0.05) is 0 Å². The van der Waals surface area contributed by atoms with Gasteiger partial charge in [-0.25, -0.2) is 13.1 Å². The molecule has 2 heterocycles. The fourth-order valence-electron chi connectivity index (χ4n) is 2.77. The molecule has 1 aromatic rings. The zero-order chi connectivity index (χ0) is 17.4. The molecule has 0 bridgehead atoms. The van der Waals surface area contributed by atoms with E-state index in [2.05, 4.69) is 4.72 Å². The van der Waals surface area contributed by atoms with Crippen LogP contribution < -0.4 is 10.5 Å². The number of sulfonamides is 1. The molecule has 0 aliphatic carbocycles. The van der Waals surface area contributed by atoms with Crippen molar-refractivity contribution in [2.75, 3.05) is 13.1 Å². The molecule has 8 heteroatoms. The molecule has 0 radical (unpaired) electrons. The second kappa shape index (κ2) is 6.26. The quantitative estimate of drug-likeness (QED) is 0.853. The molecule has 2 unspecified atom stereocenters. The molecule has 7 nitrogen and oxygen atoms in total. The summed E-state index contributed by atoms with van der Waals surface area (Å²) in [5.41, 5.74) is 5.04. The lowest BCUT2D eigenvalue weighted by Gasteiger charge is -2.20. The molecule has 2 atom stereocenters. The summed E-state index contributed by atoms with van der Waals surface area (Å²) in [5.74, 6) is 0.00383. The van der Waals surface area contributed by atoms with Crippen LogP contribution in [0.1, 0.15) is 44.7 Å². The Morgan fingerprint density at radius 2 is 2.09 bits per heavy atom. The summed E-state index contributed by atoms with van der Waals surface area (Å²) in [6.07, 6.45) is 0.847. The van der Waals surface area contributed by atoms with Crippen LogP contribution in [0.25, 0.3) is 0 Å². The van der Waals surface area contributed by atoms with Crippen molar-refractivity contribution in [2.24, 2.45) is 11.7 Å². The lowest BCUT2D eigenvalue weighted by molar-refractivity contribution is 0.0705. The Labute approximate surface area is 137 Å². The van der Waals surface area contributed by atoms with Gasteiger partial charge in [0, 0.05) is 18.1 Å². The zero-order valence-electron chi connectivity index (χ0n) is 14.0. The first-order valence-electron chi connectivity index (χ1n) is 7.68. The van der Waals surface area contributed by atoms with Crippen molar-refractivity contribution in [1.29, 1.82) is 0 Å². The molecule has 1 fully saturated rings. The van der Waals surface area contributed by atoms with E-state index in [1.807, 2.05) is 6.92 Å². The molecule has 3 N–H and O–H groups in total. The minimum atomic E-state index is -3.79. The number of amides is 1. The average molecular weight is 343 g/mol. The number of likely N-dealkylation sites (tertiary alicyclic amines) is 1. The maximum absolute atomic E-state index is 12.5. The van der Waals surface area contributed by atoms with Gasteiger partial charge >= 0.3 is 0 Å². The first-order valence-corrected chi connectivity index (χ1v) is 9.16. The summed E-state index contributed by atoms with van der Waals surface area (Å²) in [6.45, 7) is 8.26. The molecule has 1 aliphatic rings. The lowest BCUT2D eigenvalue weighted by Crippen LogP contribution is -2.40. The lowest BCUT2D eigenvalue weighted by atomic mass is 10.1. The van der Waals surface area contributed by atoms with Gasteiger partial charge in [0.15, 0.2) is 5.76 Å². The Morgan fingerprint density at radius 3 is 2.61 bits per heavy atom. The first-order chi connectivity index (χ1) is 10.5. The van der Waals surface area contributed by atoms with Crippen molar-refractivity contribution < 1.29 is 17.6 Å². The third-order valence-electron chi connectivity index (χ3n) is 3.75. The van der Waals surface area contributed by atoms with Crippen LogP contribution in [0.3, 0.4) is 0 Å². The van der Waals surface area contributed by atoms with E-state index < -0.39 is 15.6 Å². The van der Waals surface area contributed by atoms with Crippen LogP contribution in [0.15, 0.2) is 21.6 Å². The topological polar surface area (TPSA) is 106 Å². The van der Waals surface area contributed by atoms with Crippen molar-refractivity contribution in [3.05, 3.63) is 17.9 Å². The molecule has 1 amide bonds. The van der Waals surface area contributed by atoms with Gasteiger partial charge in [0.2, 0.25) is 5.09 Å². The number of furan rings is 1. The highest BCUT2D eigenvalue weighted by Crippen LogP contribution is 2.25. The number of hydrogen-bond acceptors (Lipinski definition) is 5. The molecule has 23 heavy (non-hydrogen) atoms. The van der Waals surface area contributed by atoms with Crippen molar-refractivity contribution in [3.8, 4) is 0 Å². The smallest absolute Gasteiger partial charge is 0.289 e. The van der Waals surface area contributed by atoms with Crippen molar-refractivity contribution in [3.63, 3.8) is 0 Å². The van der Waals surface area contributed by atoms with Gasteiger partial charge < -0.3 is 15.1 Å². The van der Waals surface area contributed by atoms with E-state index in [9.17, 15) is 13.2 Å². The monoisotopic (exact) mass is 343 g/mol. The predicted octanol–water partition coefficient (Wildman–Crippen LogP) is 1.17. The average Bonchev–Trinajstić information content (AvgIpc) is 3.01. The van der Waals surface area contributed by atoms with Crippen molar-refractivity contribution in [2.45, 2.75) is 50.8 Å². The van der Waals surface area contributed by atoms with Gasteiger partial charge in [-0.15, -0.1) is 0 Å². The van der Waals surface area contributed by atoms with Crippen molar-refractivity contribution in [1.82, 2.24) is 9.62 Å². The van der Waals surface area contributed by atoms with Gasteiger partial charge in [0.05, 0.1) is 0 Å². The molecular formula is C15H25N3O4S. The number of rotatable bonds is 4. The fraction of sp³-hybridized carbons (Fsp3) is 0.667. The Morgan fingerprint density at radius 1 is 1.43 bits per heavy atom. The number of carbonyl (C=O) groups excluding carboxylic acids is 1. The molecule has 1 saturated heterocycles. The standard InChI is InChI=1S/C15H25N3O4S/c1-10-7-11(8-16)9-18(10)14(19)12-5-6-13(22-12)23(20,21)17-15(2,3)4/h5-6,10-11,17H,7-9,16H2,1-4H3. The molecule has 0 saturated carbocycles. The third kappa shape index (κ3) is 4.13. The fourth-order valence-corrected chi connectivity index (χ4v) is 4.12. The van der Waals surface area contributed by atoms with Crippen LogP contribution in [0.4, 0.5) is 0 Å². The van der Waals surface area contributed by atoms with Gasteiger partial charge in [-0.3, -0.25) is 4.79 Å². The molecule has 1 aromatic heterocycles. The van der Waals surface area contributed by atoms with E-state index in [1.54, 1.807) is 25.7 Å². The number of hydrogen-bond donors (Lipinski definition) is 2. The van der Waals surface area contributed by atoms with E-state index in [1.165, 1.54) is 12.1 Å². The van der Waals surface area contributed by atoms with E-state index >= 15 is 0 Å². The van der Waals surface area contributed by atoms with Gasteiger partial charge in [-0.2, -0.15) is 0 Å². The van der Waals surface area contributed by atoms with E-state index in [0.29, 0.717) is 13.1 Å². The highest BCUT2D eigenvalue weighted by molar-refractivity contribution is 7.89. The summed E-state index contributed by atoms with van der Waals surface area (Å²) >= 11 is 0. The van der Waals surface area contributed by atoms with E-state index in [-0.39, 0.29) is 28.7 Å². The van der Waals surface area contributed by atoms with Crippen LogP contribution in [-0.4, -0.2) is 43.9 Å². The van der Waals surface area contributed by atoms with Gasteiger partial charge in [0.1, 0.15) is 0 Å². The first kappa shape index (κ1) is 18.0. The maximum Gasteiger partial charge on any atom is 0.289 e. The van der Waals surface area contributed by atoms with Crippen LogP contribution in [0.5, 0.6) is 0 Å². The largest absolute Gasteiger partial charge is 0.438 e. The summed E-state index contributed by atoms with van der Waals surface area (Å²) in [5, 5.41) is -0.252. The second-order valence-electron chi connectivity index (χ2n) is 7.12. The normalized spacial score (nSPS) is 22.6. The van der Waals surface area contributed by atoms with Crippen LogP contribution >= 0.6 is 0 Å². The molecule has 1 aliphatic heterocycles. The Kier molecular flexibility index (Phi) is 4.89. The molecule has 0 spiro atoms. The van der Waals surface area contributed by atoms with E-state index in [0.717, 1.165) is 6.42 Å². The molecule has 130 valence electrons. The van der Waals surface area contributed by atoms with Gasteiger partial charge in [-0.05, 0) is 58.7 Å². The van der Waals surface area contributed by atoms with E-state index in [4.69, 9.17) is 10.2 Å². The molecule has 0 aromatic carbocycles. The van der Waals surface area contributed by atoms with Gasteiger partial charge in [0.25, 0.3) is 15.9 Å². The zero-order valence-corrected chi connectivity index (χ0v) is 14.8. The maximum atomic E-state index is 12.5. The Hall–Kier alpha value is -1.38. The summed E-state index contributed by atoms with van der Waals surface area (Å²) in [7, 11) is -3.79. The summed E-state index contributed by atoms with van der Waals surface area (Å²) in [4.78, 5) is 14.2. The minimum absolute atomic E-state index is 0.0313. The van der Waals surface area contributed by atoms with Crippen LogP contribution in [0, 0.1) is 5.92 Å². The van der Waals surface area contributed by atoms with Crippen LogP contribution in [-0.2, 0) is 10.0 Å². The third-order valence-corrected chi connectivity index (χ3v) is 5.38. The second-order valence-corrected chi connectivity index (χ2v) is 8.73. The highest BCUT2D eigenvalue weighted by atomic mass is 32.2. The van der Waals surface area contributed by atoms with Crippen LogP contribution in [0.2, 0.25) is 0 Å². The highest BCUT2D eigenvalue weighted by Gasteiger charge is 2.34. The minimum Gasteiger partial charge on any atom is -0.438 e. The number of nitrogens with two attached hydrogens (primary N) is 1. The predicted molar refractivity (Wildman–Crippen MR) is 86.4 cm³/mol.